The molecule has 0 radical (unpaired) electrons. The minimum absolute atomic E-state index is 0.317. The molecule has 0 unspecified atom stereocenters. The van der Waals surface area contributed by atoms with Gasteiger partial charge in [0, 0.05) is 6.54 Å². The van der Waals surface area contributed by atoms with Gasteiger partial charge in [-0.25, -0.2) is 0 Å². The van der Waals surface area contributed by atoms with Crippen LogP contribution in [0.4, 0.5) is 0 Å². The number of hydrogen-bond acceptors (Lipinski definition) is 2. The van der Waals surface area contributed by atoms with Gasteiger partial charge in [-0.05, 0) is 25.9 Å². The molecule has 0 aliphatic heterocycles. The van der Waals surface area contributed by atoms with Crippen molar-refractivity contribution in [2.24, 2.45) is 0 Å². The molecule has 0 saturated heterocycles. The highest BCUT2D eigenvalue weighted by Crippen LogP contribution is 2.15. The van der Waals surface area contributed by atoms with Crippen molar-refractivity contribution in [2.45, 2.75) is 206 Å². The highest BCUT2D eigenvalue weighted by Gasteiger charge is 2.04. The Hall–Kier alpha value is -0.0800. The highest BCUT2D eigenvalue weighted by molar-refractivity contribution is 4.59. The van der Waals surface area contributed by atoms with Gasteiger partial charge in [-0.2, -0.15) is 0 Å². The topological polar surface area (TPSA) is 23.5 Å². The fourth-order valence-corrected chi connectivity index (χ4v) is 5.89. The summed E-state index contributed by atoms with van der Waals surface area (Å²) >= 11 is 0. The van der Waals surface area contributed by atoms with E-state index in [-0.39, 0.29) is 0 Å². The third-order valence-corrected chi connectivity index (χ3v) is 8.57. The maximum atomic E-state index is 9.45. The van der Waals surface area contributed by atoms with Gasteiger partial charge >= 0.3 is 0 Å². The Kier molecular flexibility index (Phi) is 34.9. The quantitative estimate of drug-likeness (QED) is 0.0825. The molecule has 0 aliphatic rings. The largest absolute Gasteiger partial charge is 0.395 e. The van der Waals surface area contributed by atoms with Crippen molar-refractivity contribution in [1.29, 1.82) is 0 Å². The summed E-state index contributed by atoms with van der Waals surface area (Å²) in [5, 5.41) is 9.45. The van der Waals surface area contributed by atoms with Crippen LogP contribution in [0.2, 0.25) is 0 Å². The summed E-state index contributed by atoms with van der Waals surface area (Å²) in [5.74, 6) is 0. The zero-order chi connectivity index (χ0) is 27.6. The molecule has 0 heterocycles. The molecule has 0 bridgehead atoms. The van der Waals surface area contributed by atoms with Gasteiger partial charge in [-0.1, -0.05) is 194 Å². The van der Waals surface area contributed by atoms with E-state index in [1.54, 1.807) is 0 Å². The van der Waals surface area contributed by atoms with E-state index >= 15 is 0 Å². The Labute approximate surface area is 242 Å². The molecule has 0 fully saturated rings. The molecule has 0 amide bonds. The van der Waals surface area contributed by atoms with E-state index in [0.29, 0.717) is 6.61 Å². The normalized spacial score (nSPS) is 11.7. The average Bonchev–Trinajstić information content (AvgIpc) is 2.92. The molecule has 2 nitrogen and oxygen atoms in total. The Morgan fingerprint density at radius 2 is 0.500 bits per heavy atom. The molecule has 1 N–H and O–H groups in total. The fraction of sp³-hybridized carbons (Fsp3) is 1.00. The summed E-state index contributed by atoms with van der Waals surface area (Å²) in [5.41, 5.74) is 0. The number of aliphatic hydroxyl groups excluding tert-OH is 1. The zero-order valence-electron chi connectivity index (χ0n) is 26.9. The van der Waals surface area contributed by atoms with E-state index in [0.717, 1.165) is 6.54 Å². The Balaban J connectivity index is 3.36. The third kappa shape index (κ3) is 32.1. The van der Waals surface area contributed by atoms with Crippen LogP contribution in [0.25, 0.3) is 0 Å². The molecule has 0 aromatic rings. The lowest BCUT2D eigenvalue weighted by molar-refractivity contribution is 0.190. The van der Waals surface area contributed by atoms with Crippen LogP contribution in [0.15, 0.2) is 0 Å². The van der Waals surface area contributed by atoms with Crippen molar-refractivity contribution >= 4 is 0 Å². The molecule has 0 atom stereocenters. The van der Waals surface area contributed by atoms with Crippen LogP contribution in [0.5, 0.6) is 0 Å². The van der Waals surface area contributed by atoms with Crippen molar-refractivity contribution in [3.05, 3.63) is 0 Å². The standard InChI is InChI=1S/C36H75NO/c1-3-5-7-9-11-13-15-17-19-21-23-25-27-29-31-33-37(35-36-38)34-32-30-28-26-24-22-20-18-16-14-12-10-8-6-4-2/h38H,3-36H2,1-2H3. The number of aliphatic hydroxyl groups is 1. The second-order valence-corrected chi connectivity index (χ2v) is 12.5. The van der Waals surface area contributed by atoms with Gasteiger partial charge < -0.3 is 10.0 Å². The number of rotatable bonds is 34. The summed E-state index contributed by atoms with van der Waals surface area (Å²) in [6.45, 7) is 8.17. The summed E-state index contributed by atoms with van der Waals surface area (Å²) in [6.07, 6.45) is 42.9. The Morgan fingerprint density at radius 1 is 0.289 bits per heavy atom. The first kappa shape index (κ1) is 37.9. The molecular formula is C36H75NO. The molecule has 0 spiro atoms. The first-order chi connectivity index (χ1) is 18.8. The fourth-order valence-electron chi connectivity index (χ4n) is 5.89. The van der Waals surface area contributed by atoms with Gasteiger partial charge in [0.25, 0.3) is 0 Å². The molecule has 230 valence electrons. The summed E-state index contributed by atoms with van der Waals surface area (Å²) in [7, 11) is 0. The van der Waals surface area contributed by atoms with E-state index in [9.17, 15) is 5.11 Å². The predicted octanol–water partition coefficient (Wildman–Crippen LogP) is 12.0. The first-order valence-electron chi connectivity index (χ1n) is 18.2. The third-order valence-electron chi connectivity index (χ3n) is 8.57. The Bertz CT molecular complexity index is 365. The second-order valence-electron chi connectivity index (χ2n) is 12.5. The van der Waals surface area contributed by atoms with Crippen LogP contribution in [0, 0.1) is 0 Å². The van der Waals surface area contributed by atoms with Crippen LogP contribution in [0.3, 0.4) is 0 Å². The predicted molar refractivity (Wildman–Crippen MR) is 173 cm³/mol. The maximum absolute atomic E-state index is 9.45. The Morgan fingerprint density at radius 3 is 0.711 bits per heavy atom. The van der Waals surface area contributed by atoms with Gasteiger partial charge in [0.2, 0.25) is 0 Å². The molecule has 0 aromatic heterocycles. The average molecular weight is 538 g/mol. The monoisotopic (exact) mass is 538 g/mol. The molecular weight excluding hydrogens is 462 g/mol. The van der Waals surface area contributed by atoms with Crippen LogP contribution in [-0.2, 0) is 0 Å². The van der Waals surface area contributed by atoms with Crippen molar-refractivity contribution in [1.82, 2.24) is 4.90 Å². The maximum Gasteiger partial charge on any atom is 0.0558 e. The van der Waals surface area contributed by atoms with Gasteiger partial charge in [-0.3, -0.25) is 0 Å². The van der Waals surface area contributed by atoms with E-state index in [1.807, 2.05) is 0 Å². The van der Waals surface area contributed by atoms with E-state index in [1.165, 1.54) is 206 Å². The zero-order valence-corrected chi connectivity index (χ0v) is 26.9. The van der Waals surface area contributed by atoms with Gasteiger partial charge in [-0.15, -0.1) is 0 Å². The van der Waals surface area contributed by atoms with E-state index in [2.05, 4.69) is 18.7 Å². The summed E-state index contributed by atoms with van der Waals surface area (Å²) in [6, 6.07) is 0. The van der Waals surface area contributed by atoms with Gasteiger partial charge in [0.15, 0.2) is 0 Å². The number of nitrogens with zero attached hydrogens (tertiary/aromatic N) is 1. The van der Waals surface area contributed by atoms with E-state index in [4.69, 9.17) is 0 Å². The van der Waals surface area contributed by atoms with Crippen LogP contribution in [0.1, 0.15) is 206 Å². The summed E-state index contributed by atoms with van der Waals surface area (Å²) in [4.78, 5) is 2.52. The summed E-state index contributed by atoms with van der Waals surface area (Å²) < 4.78 is 0. The first-order valence-corrected chi connectivity index (χ1v) is 18.2. The lowest BCUT2D eigenvalue weighted by atomic mass is 10.0. The molecule has 38 heavy (non-hydrogen) atoms. The van der Waals surface area contributed by atoms with Crippen LogP contribution >= 0.6 is 0 Å². The minimum atomic E-state index is 0.317. The van der Waals surface area contributed by atoms with Crippen molar-refractivity contribution in [2.75, 3.05) is 26.2 Å². The number of unbranched alkanes of at least 4 members (excludes halogenated alkanes) is 28. The molecule has 2 heteroatoms. The highest BCUT2D eigenvalue weighted by atomic mass is 16.3. The van der Waals surface area contributed by atoms with Gasteiger partial charge in [0.1, 0.15) is 0 Å². The lowest BCUT2D eigenvalue weighted by Gasteiger charge is -2.21. The van der Waals surface area contributed by atoms with Crippen LogP contribution in [-0.4, -0.2) is 36.2 Å². The molecule has 0 aromatic carbocycles. The SMILES string of the molecule is CCCCCCCCCCCCCCCCCN(CCO)CCCCCCCCCCCCCCCCC. The number of hydrogen-bond donors (Lipinski definition) is 1. The van der Waals surface area contributed by atoms with E-state index < -0.39 is 0 Å². The smallest absolute Gasteiger partial charge is 0.0558 e. The molecule has 0 aliphatic carbocycles. The lowest BCUT2D eigenvalue weighted by Crippen LogP contribution is -2.29. The van der Waals surface area contributed by atoms with Crippen molar-refractivity contribution in [3.8, 4) is 0 Å². The molecule has 0 rings (SSSR count). The van der Waals surface area contributed by atoms with Crippen LogP contribution < -0.4 is 0 Å². The van der Waals surface area contributed by atoms with Crippen molar-refractivity contribution in [3.63, 3.8) is 0 Å². The van der Waals surface area contributed by atoms with Gasteiger partial charge in [0.05, 0.1) is 6.61 Å². The molecule has 0 saturated carbocycles. The van der Waals surface area contributed by atoms with Crippen molar-refractivity contribution < 1.29 is 5.11 Å². The minimum Gasteiger partial charge on any atom is -0.395 e. The second kappa shape index (κ2) is 34.9.